The Balaban J connectivity index is 2.30. The van der Waals surface area contributed by atoms with E-state index >= 15 is 0 Å². The zero-order valence-corrected chi connectivity index (χ0v) is 11.1. The lowest BCUT2D eigenvalue weighted by molar-refractivity contribution is 0.305. The van der Waals surface area contributed by atoms with Crippen LogP contribution in [-0.4, -0.2) is 6.61 Å². The van der Waals surface area contributed by atoms with Crippen molar-refractivity contribution in [1.29, 1.82) is 0 Å². The molecule has 0 spiro atoms. The quantitative estimate of drug-likeness (QED) is 0.690. The maximum Gasteiger partial charge on any atom is 0.119 e. The molecule has 0 heterocycles. The van der Waals surface area contributed by atoms with Crippen LogP contribution in [0.1, 0.15) is 57.6 Å². The second-order valence-corrected chi connectivity index (χ2v) is 4.49. The summed E-state index contributed by atoms with van der Waals surface area (Å²) in [7, 11) is 0. The molecule has 1 atom stereocenters. The van der Waals surface area contributed by atoms with Crippen LogP contribution in [0.3, 0.4) is 0 Å². The average Bonchev–Trinajstić information content (AvgIpc) is 2.38. The first-order valence-corrected chi connectivity index (χ1v) is 6.76. The van der Waals surface area contributed by atoms with Crippen molar-refractivity contribution in [2.24, 2.45) is 5.73 Å². The van der Waals surface area contributed by atoms with E-state index in [1.165, 1.54) is 24.8 Å². The van der Waals surface area contributed by atoms with Crippen molar-refractivity contribution in [3.63, 3.8) is 0 Å². The maximum absolute atomic E-state index is 5.96. The summed E-state index contributed by atoms with van der Waals surface area (Å²) in [5, 5.41) is 0. The Morgan fingerprint density at radius 2 is 1.76 bits per heavy atom. The van der Waals surface area contributed by atoms with Crippen LogP contribution in [0.4, 0.5) is 0 Å². The molecule has 0 aliphatic heterocycles. The van der Waals surface area contributed by atoms with E-state index in [-0.39, 0.29) is 6.04 Å². The Kier molecular flexibility index (Phi) is 6.71. The van der Waals surface area contributed by atoms with E-state index in [1.54, 1.807) is 0 Å². The van der Waals surface area contributed by atoms with E-state index in [1.807, 2.05) is 12.1 Å². The standard InChI is InChI=1S/C15H25NO/c1-3-5-6-7-12-17-14-10-8-13(9-11-14)15(16)4-2/h8-11,15H,3-7,12,16H2,1-2H3. The van der Waals surface area contributed by atoms with Crippen molar-refractivity contribution in [2.75, 3.05) is 6.61 Å². The van der Waals surface area contributed by atoms with Gasteiger partial charge in [-0.3, -0.25) is 0 Å². The molecule has 0 saturated heterocycles. The topological polar surface area (TPSA) is 35.2 Å². The molecule has 0 aliphatic rings. The SMILES string of the molecule is CCCCCCOc1ccc(C(N)CC)cc1. The molecule has 1 aromatic carbocycles. The normalized spacial score (nSPS) is 12.4. The highest BCUT2D eigenvalue weighted by Crippen LogP contribution is 2.18. The molecule has 0 aromatic heterocycles. The van der Waals surface area contributed by atoms with Crippen LogP contribution in [0.5, 0.6) is 5.75 Å². The summed E-state index contributed by atoms with van der Waals surface area (Å²) in [5.41, 5.74) is 7.14. The van der Waals surface area contributed by atoms with E-state index in [4.69, 9.17) is 10.5 Å². The molecule has 17 heavy (non-hydrogen) atoms. The molecule has 0 aliphatic carbocycles. The first kappa shape index (κ1) is 14.0. The first-order valence-electron chi connectivity index (χ1n) is 6.76. The molecule has 1 aromatic rings. The molecule has 0 bridgehead atoms. The van der Waals surface area contributed by atoms with Crippen LogP contribution < -0.4 is 10.5 Å². The van der Waals surface area contributed by atoms with Crippen LogP contribution in [0.15, 0.2) is 24.3 Å². The number of rotatable bonds is 8. The van der Waals surface area contributed by atoms with Crippen LogP contribution in [0.25, 0.3) is 0 Å². The van der Waals surface area contributed by atoms with Crippen molar-refractivity contribution < 1.29 is 4.74 Å². The van der Waals surface area contributed by atoms with Gasteiger partial charge in [0.2, 0.25) is 0 Å². The largest absolute Gasteiger partial charge is 0.494 e. The fourth-order valence-electron chi connectivity index (χ4n) is 1.77. The van der Waals surface area contributed by atoms with Gasteiger partial charge < -0.3 is 10.5 Å². The van der Waals surface area contributed by atoms with Gasteiger partial charge >= 0.3 is 0 Å². The van der Waals surface area contributed by atoms with Crippen molar-refractivity contribution >= 4 is 0 Å². The Hall–Kier alpha value is -1.02. The van der Waals surface area contributed by atoms with Crippen molar-refractivity contribution in [2.45, 2.75) is 52.0 Å². The molecule has 2 N–H and O–H groups in total. The highest BCUT2D eigenvalue weighted by atomic mass is 16.5. The van der Waals surface area contributed by atoms with Gasteiger partial charge in [0.1, 0.15) is 5.75 Å². The minimum absolute atomic E-state index is 0.147. The smallest absolute Gasteiger partial charge is 0.119 e. The molecule has 0 radical (unpaired) electrons. The lowest BCUT2D eigenvalue weighted by Crippen LogP contribution is -2.08. The zero-order valence-electron chi connectivity index (χ0n) is 11.1. The third-order valence-corrected chi connectivity index (χ3v) is 3.01. The van der Waals surface area contributed by atoms with Crippen LogP contribution in [0.2, 0.25) is 0 Å². The number of ether oxygens (including phenoxy) is 1. The molecule has 0 fully saturated rings. The van der Waals surface area contributed by atoms with Gasteiger partial charge in [-0.2, -0.15) is 0 Å². The van der Waals surface area contributed by atoms with Gasteiger partial charge in [0.15, 0.2) is 0 Å². The Morgan fingerprint density at radius 1 is 1.06 bits per heavy atom. The molecule has 2 nitrogen and oxygen atoms in total. The van der Waals surface area contributed by atoms with Gasteiger partial charge in [0.05, 0.1) is 6.61 Å². The summed E-state index contributed by atoms with van der Waals surface area (Å²) in [6, 6.07) is 8.31. The van der Waals surface area contributed by atoms with E-state index in [0.29, 0.717) is 0 Å². The van der Waals surface area contributed by atoms with Gasteiger partial charge in [-0.15, -0.1) is 0 Å². The van der Waals surface area contributed by atoms with Crippen molar-refractivity contribution in [1.82, 2.24) is 0 Å². The fraction of sp³-hybridized carbons (Fsp3) is 0.600. The van der Waals surface area contributed by atoms with E-state index < -0.39 is 0 Å². The molecule has 2 heteroatoms. The predicted octanol–water partition coefficient (Wildman–Crippen LogP) is 4.06. The third kappa shape index (κ3) is 5.22. The third-order valence-electron chi connectivity index (χ3n) is 3.01. The lowest BCUT2D eigenvalue weighted by Gasteiger charge is -2.10. The molecular weight excluding hydrogens is 210 g/mol. The number of hydrogen-bond donors (Lipinski definition) is 1. The molecule has 96 valence electrons. The summed E-state index contributed by atoms with van der Waals surface area (Å²) in [6.07, 6.45) is 5.94. The van der Waals surface area contributed by atoms with E-state index in [0.717, 1.165) is 25.2 Å². The van der Waals surface area contributed by atoms with Gasteiger partial charge in [0.25, 0.3) is 0 Å². The second kappa shape index (κ2) is 8.13. The summed E-state index contributed by atoms with van der Waals surface area (Å²) in [6.45, 7) is 5.14. The summed E-state index contributed by atoms with van der Waals surface area (Å²) in [5.74, 6) is 0.952. The van der Waals surface area contributed by atoms with Crippen LogP contribution >= 0.6 is 0 Å². The van der Waals surface area contributed by atoms with Crippen LogP contribution in [0, 0.1) is 0 Å². The Morgan fingerprint density at radius 3 is 2.35 bits per heavy atom. The maximum atomic E-state index is 5.96. The highest BCUT2D eigenvalue weighted by molar-refractivity contribution is 5.28. The number of nitrogens with two attached hydrogens (primary N) is 1. The number of unbranched alkanes of at least 4 members (excludes halogenated alkanes) is 3. The van der Waals surface area contributed by atoms with Gasteiger partial charge in [-0.1, -0.05) is 45.2 Å². The van der Waals surface area contributed by atoms with E-state index in [9.17, 15) is 0 Å². The molecule has 1 rings (SSSR count). The molecular formula is C15H25NO. The van der Waals surface area contributed by atoms with Gasteiger partial charge in [-0.25, -0.2) is 0 Å². The van der Waals surface area contributed by atoms with Crippen molar-refractivity contribution in [3.8, 4) is 5.75 Å². The second-order valence-electron chi connectivity index (χ2n) is 4.49. The summed E-state index contributed by atoms with van der Waals surface area (Å²) >= 11 is 0. The Bertz CT molecular complexity index is 294. The summed E-state index contributed by atoms with van der Waals surface area (Å²) in [4.78, 5) is 0. The van der Waals surface area contributed by atoms with E-state index in [2.05, 4.69) is 26.0 Å². The lowest BCUT2D eigenvalue weighted by atomic mass is 10.1. The van der Waals surface area contributed by atoms with Crippen molar-refractivity contribution in [3.05, 3.63) is 29.8 Å². The highest BCUT2D eigenvalue weighted by Gasteiger charge is 2.02. The predicted molar refractivity (Wildman–Crippen MR) is 73.3 cm³/mol. The molecule has 1 unspecified atom stereocenters. The number of benzene rings is 1. The minimum Gasteiger partial charge on any atom is -0.494 e. The van der Waals surface area contributed by atoms with Gasteiger partial charge in [0, 0.05) is 6.04 Å². The average molecular weight is 235 g/mol. The van der Waals surface area contributed by atoms with Gasteiger partial charge in [-0.05, 0) is 30.5 Å². The Labute approximate surface area is 105 Å². The van der Waals surface area contributed by atoms with Crippen LogP contribution in [-0.2, 0) is 0 Å². The summed E-state index contributed by atoms with van der Waals surface area (Å²) < 4.78 is 5.68. The fourth-order valence-corrected chi connectivity index (χ4v) is 1.77. The zero-order chi connectivity index (χ0) is 12.5. The monoisotopic (exact) mass is 235 g/mol. The number of hydrogen-bond acceptors (Lipinski definition) is 2. The minimum atomic E-state index is 0.147. The molecule has 0 amide bonds. The molecule has 0 saturated carbocycles. The first-order chi connectivity index (χ1) is 8.27.